The molecule has 0 N–H and O–H groups in total. The number of carbonyl (C=O) groups is 1. The highest BCUT2D eigenvalue weighted by atomic mass is 35.5. The molecular formula is C20H15ClF6N4O. The molecule has 12 heteroatoms. The zero-order valence-corrected chi connectivity index (χ0v) is 17.0. The van der Waals surface area contributed by atoms with Crippen LogP contribution in [0.1, 0.15) is 21.6 Å². The number of halogens is 7. The molecule has 32 heavy (non-hydrogen) atoms. The summed E-state index contributed by atoms with van der Waals surface area (Å²) in [6.45, 7) is 1.01. The minimum absolute atomic E-state index is 0.0191. The maximum Gasteiger partial charge on any atom is 0.417 e. The number of carbonyl (C=O) groups excluding carboxylic acids is 1. The van der Waals surface area contributed by atoms with Crippen LogP contribution in [0.5, 0.6) is 0 Å². The van der Waals surface area contributed by atoms with Gasteiger partial charge in [-0.2, -0.15) is 26.3 Å². The molecule has 0 unspecified atom stereocenters. The van der Waals surface area contributed by atoms with Gasteiger partial charge in [0.15, 0.2) is 5.65 Å². The molecule has 2 aromatic heterocycles. The Morgan fingerprint density at radius 2 is 1.56 bits per heavy atom. The van der Waals surface area contributed by atoms with E-state index in [-0.39, 0.29) is 29.5 Å². The van der Waals surface area contributed by atoms with E-state index in [9.17, 15) is 31.1 Å². The van der Waals surface area contributed by atoms with Crippen LogP contribution in [-0.4, -0.2) is 46.4 Å². The molecule has 170 valence electrons. The van der Waals surface area contributed by atoms with Gasteiger partial charge < -0.3 is 14.2 Å². The van der Waals surface area contributed by atoms with Crippen molar-refractivity contribution in [3.63, 3.8) is 0 Å². The minimum atomic E-state index is -4.61. The van der Waals surface area contributed by atoms with E-state index >= 15 is 0 Å². The first kappa shape index (κ1) is 22.3. The first-order valence-electron chi connectivity index (χ1n) is 9.40. The number of piperazine rings is 1. The van der Waals surface area contributed by atoms with Crippen molar-refractivity contribution < 1.29 is 31.1 Å². The van der Waals surface area contributed by atoms with Crippen LogP contribution in [0.15, 0.2) is 42.7 Å². The van der Waals surface area contributed by atoms with Crippen LogP contribution in [-0.2, 0) is 12.4 Å². The fraction of sp³-hybridized carbons (Fsp3) is 0.300. The second-order valence-electron chi connectivity index (χ2n) is 7.26. The third-order valence-electron chi connectivity index (χ3n) is 5.16. The quantitative estimate of drug-likeness (QED) is 0.489. The van der Waals surface area contributed by atoms with Crippen molar-refractivity contribution >= 4 is 28.8 Å². The summed E-state index contributed by atoms with van der Waals surface area (Å²) < 4.78 is 78.8. The van der Waals surface area contributed by atoms with Crippen molar-refractivity contribution in [2.75, 3.05) is 31.1 Å². The Bertz CT molecular complexity index is 1170. The molecule has 0 bridgehead atoms. The van der Waals surface area contributed by atoms with Crippen molar-refractivity contribution in [1.29, 1.82) is 0 Å². The van der Waals surface area contributed by atoms with Gasteiger partial charge in [-0.3, -0.25) is 4.79 Å². The molecule has 5 nitrogen and oxygen atoms in total. The summed E-state index contributed by atoms with van der Waals surface area (Å²) in [4.78, 5) is 20.0. The van der Waals surface area contributed by atoms with Crippen LogP contribution in [0.25, 0.3) is 5.65 Å². The van der Waals surface area contributed by atoms with E-state index in [0.717, 1.165) is 28.8 Å². The molecule has 1 aliphatic rings. The highest BCUT2D eigenvalue weighted by Gasteiger charge is 2.33. The van der Waals surface area contributed by atoms with Crippen molar-refractivity contribution in [2.24, 2.45) is 0 Å². The predicted octanol–water partition coefficient (Wildman–Crippen LogP) is 4.99. The number of benzene rings is 1. The van der Waals surface area contributed by atoms with Gasteiger partial charge in [0.1, 0.15) is 5.69 Å². The third-order valence-corrected chi connectivity index (χ3v) is 5.44. The van der Waals surface area contributed by atoms with Gasteiger partial charge in [0, 0.05) is 44.3 Å². The molecule has 0 saturated carbocycles. The second-order valence-corrected chi connectivity index (χ2v) is 7.67. The number of alkyl halides is 6. The molecule has 0 atom stereocenters. The summed E-state index contributed by atoms with van der Waals surface area (Å²) in [5.41, 5.74) is -1.38. The molecule has 1 aromatic carbocycles. The van der Waals surface area contributed by atoms with Gasteiger partial charge >= 0.3 is 12.4 Å². The number of fused-ring (bicyclic) bond motifs is 1. The van der Waals surface area contributed by atoms with Crippen LogP contribution in [0, 0.1) is 0 Å². The number of nitrogens with zero attached hydrogens (tertiary/aromatic N) is 4. The number of amides is 1. The molecule has 0 aliphatic carbocycles. The third kappa shape index (κ3) is 4.34. The SMILES string of the molecule is O=C(c1cn2cc(C(F)(F)F)cc(Cl)c2n1)N1CCN(c2cccc(C(F)(F)F)c2)CC1. The number of anilines is 1. The Balaban J connectivity index is 1.49. The van der Waals surface area contributed by atoms with E-state index in [4.69, 9.17) is 11.6 Å². The average Bonchev–Trinajstić information content (AvgIpc) is 3.17. The lowest BCUT2D eigenvalue weighted by Gasteiger charge is -2.36. The molecule has 0 spiro atoms. The fourth-order valence-corrected chi connectivity index (χ4v) is 3.78. The van der Waals surface area contributed by atoms with E-state index < -0.39 is 29.4 Å². The van der Waals surface area contributed by atoms with Crippen LogP contribution >= 0.6 is 11.6 Å². The molecular weight excluding hydrogens is 462 g/mol. The van der Waals surface area contributed by atoms with Gasteiger partial charge in [0.05, 0.1) is 16.1 Å². The summed E-state index contributed by atoms with van der Waals surface area (Å²) >= 11 is 5.91. The molecule has 3 aromatic rings. The molecule has 1 saturated heterocycles. The smallest absolute Gasteiger partial charge is 0.368 e. The summed E-state index contributed by atoms with van der Waals surface area (Å²) in [7, 11) is 0. The highest BCUT2D eigenvalue weighted by Crippen LogP contribution is 2.33. The first-order chi connectivity index (χ1) is 14.9. The molecule has 4 rings (SSSR count). The Morgan fingerprint density at radius 1 is 0.906 bits per heavy atom. The summed E-state index contributed by atoms with van der Waals surface area (Å²) in [6.07, 6.45) is -7.08. The summed E-state index contributed by atoms with van der Waals surface area (Å²) in [5.74, 6) is -0.498. The maximum atomic E-state index is 13.0. The van der Waals surface area contributed by atoms with E-state index in [1.807, 2.05) is 0 Å². The van der Waals surface area contributed by atoms with Crippen molar-refractivity contribution in [1.82, 2.24) is 14.3 Å². The Kier molecular flexibility index (Phi) is 5.48. The van der Waals surface area contributed by atoms with Gasteiger partial charge in [0.2, 0.25) is 0 Å². The number of hydrogen-bond donors (Lipinski definition) is 0. The lowest BCUT2D eigenvalue weighted by molar-refractivity contribution is -0.138. The van der Waals surface area contributed by atoms with Crippen LogP contribution in [0.4, 0.5) is 32.0 Å². The van der Waals surface area contributed by atoms with Crippen molar-refractivity contribution in [3.8, 4) is 0 Å². The lowest BCUT2D eigenvalue weighted by Crippen LogP contribution is -2.49. The van der Waals surface area contributed by atoms with E-state index in [1.165, 1.54) is 17.2 Å². The summed E-state index contributed by atoms with van der Waals surface area (Å²) in [6, 6.07) is 5.67. The van der Waals surface area contributed by atoms with E-state index in [2.05, 4.69) is 4.98 Å². The monoisotopic (exact) mass is 476 g/mol. The number of rotatable bonds is 2. The van der Waals surface area contributed by atoms with Crippen LogP contribution in [0.2, 0.25) is 5.02 Å². The average molecular weight is 477 g/mol. The first-order valence-corrected chi connectivity index (χ1v) is 9.78. The van der Waals surface area contributed by atoms with Crippen LogP contribution < -0.4 is 4.90 Å². The van der Waals surface area contributed by atoms with Crippen molar-refractivity contribution in [2.45, 2.75) is 12.4 Å². The zero-order valence-electron chi connectivity index (χ0n) is 16.2. The van der Waals surface area contributed by atoms with Gasteiger partial charge in [-0.1, -0.05) is 17.7 Å². The molecule has 1 amide bonds. The Morgan fingerprint density at radius 3 is 2.19 bits per heavy atom. The predicted molar refractivity (Wildman–Crippen MR) is 105 cm³/mol. The normalized spacial score (nSPS) is 15.5. The van der Waals surface area contributed by atoms with Gasteiger partial charge in [-0.15, -0.1) is 0 Å². The number of pyridine rings is 1. The topological polar surface area (TPSA) is 40.9 Å². The molecule has 3 heterocycles. The van der Waals surface area contributed by atoms with Gasteiger partial charge in [0.25, 0.3) is 5.91 Å². The zero-order chi connectivity index (χ0) is 23.3. The minimum Gasteiger partial charge on any atom is -0.368 e. The van der Waals surface area contributed by atoms with E-state index in [1.54, 1.807) is 11.0 Å². The number of imidazole rings is 1. The Hall–Kier alpha value is -2.95. The molecule has 1 aliphatic heterocycles. The van der Waals surface area contributed by atoms with Crippen molar-refractivity contribution in [3.05, 3.63) is 64.6 Å². The van der Waals surface area contributed by atoms with E-state index in [0.29, 0.717) is 18.8 Å². The molecule has 0 radical (unpaired) electrons. The maximum absolute atomic E-state index is 13.0. The summed E-state index contributed by atoms with van der Waals surface area (Å²) in [5, 5.41) is -0.242. The van der Waals surface area contributed by atoms with Gasteiger partial charge in [-0.25, -0.2) is 4.98 Å². The number of aromatic nitrogens is 2. The second kappa shape index (κ2) is 7.88. The van der Waals surface area contributed by atoms with Crippen LogP contribution in [0.3, 0.4) is 0 Å². The fourth-order valence-electron chi connectivity index (χ4n) is 3.52. The standard InChI is InChI=1S/C20H15ClF6N4O/c21-15-9-13(20(25,26)27)10-31-11-16(28-17(15)31)18(32)30-6-4-29(5-7-30)14-3-1-2-12(8-14)19(22,23)24/h1-3,8-11H,4-7H2. The van der Waals surface area contributed by atoms with Gasteiger partial charge in [-0.05, 0) is 24.3 Å². The largest absolute Gasteiger partial charge is 0.417 e. The lowest BCUT2D eigenvalue weighted by atomic mass is 10.1. The highest BCUT2D eigenvalue weighted by molar-refractivity contribution is 6.33. The molecule has 1 fully saturated rings. The Labute approximate surface area is 182 Å². The number of hydrogen-bond acceptors (Lipinski definition) is 3.